The summed E-state index contributed by atoms with van der Waals surface area (Å²) in [4.78, 5) is 18.3. The average molecular weight is 525 g/mol. The van der Waals surface area contributed by atoms with Gasteiger partial charge in [0.05, 0.1) is 28.0 Å². The quantitative estimate of drug-likeness (QED) is 0.162. The molecule has 2 heterocycles. The van der Waals surface area contributed by atoms with Gasteiger partial charge < -0.3 is 15.4 Å². The van der Waals surface area contributed by atoms with Gasteiger partial charge in [0, 0.05) is 11.4 Å². The smallest absolute Gasteiger partial charge is 0.475 e. The number of rotatable bonds is 5. The van der Waals surface area contributed by atoms with Gasteiger partial charge in [-0.25, -0.2) is 9.78 Å². The van der Waals surface area contributed by atoms with Crippen molar-refractivity contribution in [3.63, 3.8) is 0 Å². The number of benzene rings is 2. The lowest BCUT2D eigenvalue weighted by atomic mass is 10.1. The monoisotopic (exact) mass is 525 g/mol. The Labute approximate surface area is 204 Å². The normalized spacial score (nSPS) is 11.6. The van der Waals surface area contributed by atoms with E-state index < -0.39 is 23.9 Å². The molecule has 0 spiro atoms. The highest BCUT2D eigenvalue weighted by Crippen LogP contribution is 2.35. The van der Waals surface area contributed by atoms with Crippen LogP contribution in [-0.4, -0.2) is 33.8 Å². The van der Waals surface area contributed by atoms with Crippen LogP contribution in [0, 0.1) is 12.3 Å². The number of carboxylic acids is 1. The number of thiophene rings is 1. The number of halogens is 6. The van der Waals surface area contributed by atoms with Gasteiger partial charge in [-0.15, -0.1) is 17.8 Å². The molecule has 188 valence electrons. The fourth-order valence-electron chi connectivity index (χ4n) is 2.99. The summed E-state index contributed by atoms with van der Waals surface area (Å²) in [7, 11) is 0. The van der Waals surface area contributed by atoms with Crippen LogP contribution in [-0.2, 0) is 17.5 Å². The molecule has 0 bridgehead atoms. The maximum absolute atomic E-state index is 12.9. The van der Waals surface area contributed by atoms with Gasteiger partial charge in [-0.05, 0) is 41.5 Å². The molecule has 0 unspecified atom stereocenters. The van der Waals surface area contributed by atoms with Crippen molar-refractivity contribution in [1.29, 1.82) is 0 Å². The SMILES string of the molecule is C#CCNCc1ccc(-c2ccc(-c3nc4ccc(C(F)(F)F)cc4[nH]3)s2)cc1.O=C(O)C(F)(F)F. The fraction of sp³-hybridized carbons (Fsp3) is 0.167. The van der Waals surface area contributed by atoms with Crippen molar-refractivity contribution < 1.29 is 36.2 Å². The molecule has 2 aromatic heterocycles. The Morgan fingerprint density at radius 3 is 2.25 bits per heavy atom. The van der Waals surface area contributed by atoms with Gasteiger partial charge in [0.15, 0.2) is 0 Å². The maximum Gasteiger partial charge on any atom is 0.490 e. The van der Waals surface area contributed by atoms with E-state index in [0.29, 0.717) is 29.9 Å². The molecular formula is C24H17F6N3O2S. The van der Waals surface area contributed by atoms with Crippen LogP contribution in [0.3, 0.4) is 0 Å². The van der Waals surface area contributed by atoms with E-state index in [9.17, 15) is 26.3 Å². The molecular weight excluding hydrogens is 508 g/mol. The predicted octanol–water partition coefficient (Wildman–Crippen LogP) is 6.33. The molecule has 36 heavy (non-hydrogen) atoms. The zero-order valence-corrected chi connectivity index (χ0v) is 19.0. The van der Waals surface area contributed by atoms with E-state index in [1.165, 1.54) is 17.4 Å². The zero-order chi connectivity index (χ0) is 26.5. The number of aliphatic carboxylic acids is 1. The van der Waals surface area contributed by atoms with Crippen LogP contribution >= 0.6 is 11.3 Å². The van der Waals surface area contributed by atoms with Crippen molar-refractivity contribution in [2.24, 2.45) is 0 Å². The number of nitrogens with one attached hydrogen (secondary N) is 2. The molecule has 0 radical (unpaired) electrons. The van der Waals surface area contributed by atoms with Crippen LogP contribution in [0.1, 0.15) is 11.1 Å². The summed E-state index contributed by atoms with van der Waals surface area (Å²) in [5.74, 6) is 0.343. The van der Waals surface area contributed by atoms with E-state index in [4.69, 9.17) is 16.3 Å². The predicted molar refractivity (Wildman–Crippen MR) is 124 cm³/mol. The Balaban J connectivity index is 0.000000454. The first-order chi connectivity index (χ1) is 16.9. The summed E-state index contributed by atoms with van der Waals surface area (Å²) in [6.07, 6.45) is -4.23. The topological polar surface area (TPSA) is 78.0 Å². The molecule has 0 aliphatic carbocycles. The van der Waals surface area contributed by atoms with E-state index in [1.807, 2.05) is 36.4 Å². The number of nitrogens with zero attached hydrogens (tertiary/aromatic N) is 1. The molecule has 4 aromatic rings. The van der Waals surface area contributed by atoms with Crippen LogP contribution in [0.5, 0.6) is 0 Å². The first kappa shape index (κ1) is 26.8. The van der Waals surface area contributed by atoms with Crippen LogP contribution in [0.2, 0.25) is 0 Å². The number of hydrogen-bond donors (Lipinski definition) is 3. The van der Waals surface area contributed by atoms with Crippen molar-refractivity contribution in [1.82, 2.24) is 15.3 Å². The highest BCUT2D eigenvalue weighted by atomic mass is 32.1. The first-order valence-corrected chi connectivity index (χ1v) is 10.9. The molecule has 12 heteroatoms. The molecule has 4 rings (SSSR count). The van der Waals surface area contributed by atoms with E-state index >= 15 is 0 Å². The Morgan fingerprint density at radius 2 is 1.67 bits per heavy atom. The van der Waals surface area contributed by atoms with E-state index in [1.54, 1.807) is 0 Å². The number of imidazole rings is 1. The Kier molecular flexibility index (Phi) is 8.07. The molecule has 3 N–H and O–H groups in total. The minimum Gasteiger partial charge on any atom is -0.475 e. The van der Waals surface area contributed by atoms with Crippen molar-refractivity contribution >= 4 is 28.3 Å². The third kappa shape index (κ3) is 6.87. The second kappa shape index (κ2) is 10.8. The van der Waals surface area contributed by atoms with Gasteiger partial charge in [-0.2, -0.15) is 26.3 Å². The van der Waals surface area contributed by atoms with Gasteiger partial charge in [-0.1, -0.05) is 30.2 Å². The maximum atomic E-state index is 12.9. The second-order valence-electron chi connectivity index (χ2n) is 7.29. The number of aromatic amines is 1. The van der Waals surface area contributed by atoms with Crippen molar-refractivity contribution in [3.05, 3.63) is 65.7 Å². The molecule has 2 aromatic carbocycles. The number of alkyl halides is 6. The summed E-state index contributed by atoms with van der Waals surface area (Å²) in [5.41, 5.74) is 2.39. The van der Waals surface area contributed by atoms with Gasteiger partial charge in [-0.3, -0.25) is 0 Å². The van der Waals surface area contributed by atoms with E-state index in [0.717, 1.165) is 33.0 Å². The number of hydrogen-bond acceptors (Lipinski definition) is 4. The molecule has 0 aliphatic rings. The summed E-state index contributed by atoms with van der Waals surface area (Å²) in [6, 6.07) is 15.6. The first-order valence-electron chi connectivity index (χ1n) is 10.1. The number of fused-ring (bicyclic) bond motifs is 1. The summed E-state index contributed by atoms with van der Waals surface area (Å²) < 4.78 is 70.5. The molecule has 0 saturated carbocycles. The minimum absolute atomic E-state index is 0.369. The highest BCUT2D eigenvalue weighted by Gasteiger charge is 2.38. The molecule has 5 nitrogen and oxygen atoms in total. The molecule has 0 saturated heterocycles. The van der Waals surface area contributed by atoms with Gasteiger partial charge in [0.2, 0.25) is 0 Å². The Morgan fingerprint density at radius 1 is 1.03 bits per heavy atom. The van der Waals surface area contributed by atoms with Crippen LogP contribution in [0.15, 0.2) is 54.6 Å². The lowest BCUT2D eigenvalue weighted by Gasteiger charge is -2.05. The van der Waals surface area contributed by atoms with Crippen molar-refractivity contribution in [2.75, 3.05) is 6.54 Å². The average Bonchev–Trinajstić information content (AvgIpc) is 3.46. The fourth-order valence-corrected chi connectivity index (χ4v) is 3.95. The lowest BCUT2D eigenvalue weighted by molar-refractivity contribution is -0.192. The van der Waals surface area contributed by atoms with Crippen LogP contribution in [0.25, 0.3) is 32.2 Å². The molecule has 0 fully saturated rings. The standard InChI is InChI=1S/C22H16F3N3S.C2HF3O2/c1-2-11-26-13-14-3-5-15(6-4-14)19-9-10-20(29-19)21-27-17-8-7-16(22(23,24)25)12-18(17)28-21;3-2(4,5)1(6)7/h1,3-10,12,26H,11,13H2,(H,27,28);(H,6,7). The zero-order valence-electron chi connectivity index (χ0n) is 18.2. The lowest BCUT2D eigenvalue weighted by Crippen LogP contribution is -2.21. The number of terminal acetylenes is 1. The summed E-state index contributed by atoms with van der Waals surface area (Å²) in [5, 5.41) is 10.3. The number of aromatic nitrogens is 2. The number of carboxylic acid groups (broad SMARTS) is 1. The van der Waals surface area contributed by atoms with Gasteiger partial charge >= 0.3 is 18.3 Å². The van der Waals surface area contributed by atoms with Gasteiger partial charge in [0.25, 0.3) is 0 Å². The van der Waals surface area contributed by atoms with E-state index in [-0.39, 0.29) is 0 Å². The molecule has 0 amide bonds. The van der Waals surface area contributed by atoms with E-state index in [2.05, 4.69) is 21.2 Å². The van der Waals surface area contributed by atoms with Gasteiger partial charge in [0.1, 0.15) is 5.82 Å². The molecule has 0 atom stereocenters. The third-order valence-electron chi connectivity index (χ3n) is 4.69. The van der Waals surface area contributed by atoms with Crippen molar-refractivity contribution in [3.8, 4) is 33.5 Å². The number of carbonyl (C=O) groups is 1. The minimum atomic E-state index is -5.08. The number of H-pyrrole nitrogens is 1. The van der Waals surface area contributed by atoms with Crippen LogP contribution in [0.4, 0.5) is 26.3 Å². The summed E-state index contributed by atoms with van der Waals surface area (Å²) >= 11 is 1.53. The Bertz CT molecular complexity index is 1380. The van der Waals surface area contributed by atoms with Crippen molar-refractivity contribution in [2.45, 2.75) is 18.9 Å². The Hall–Kier alpha value is -3.82. The highest BCUT2D eigenvalue weighted by molar-refractivity contribution is 7.18. The molecule has 0 aliphatic heterocycles. The summed E-state index contributed by atoms with van der Waals surface area (Å²) in [6.45, 7) is 1.23. The second-order valence-corrected chi connectivity index (χ2v) is 8.37. The third-order valence-corrected chi connectivity index (χ3v) is 5.83. The largest absolute Gasteiger partial charge is 0.490 e. The van der Waals surface area contributed by atoms with Crippen LogP contribution < -0.4 is 5.32 Å².